The summed E-state index contributed by atoms with van der Waals surface area (Å²) in [5.74, 6) is 0.124. The van der Waals surface area contributed by atoms with Crippen LogP contribution in [0.5, 0.6) is 0 Å². The van der Waals surface area contributed by atoms with Crippen LogP contribution in [-0.2, 0) is 6.54 Å². The first kappa shape index (κ1) is 18.6. The van der Waals surface area contributed by atoms with E-state index in [-0.39, 0.29) is 5.91 Å². The molecule has 0 saturated carbocycles. The molecule has 0 radical (unpaired) electrons. The molecule has 0 saturated heterocycles. The van der Waals surface area contributed by atoms with Crippen molar-refractivity contribution in [1.29, 1.82) is 0 Å². The van der Waals surface area contributed by atoms with Gasteiger partial charge in [-0.1, -0.05) is 56.3 Å². The second kappa shape index (κ2) is 8.49. The van der Waals surface area contributed by atoms with Crippen LogP contribution in [0.3, 0.4) is 0 Å². The lowest BCUT2D eigenvalue weighted by atomic mass is 10.0. The highest BCUT2D eigenvalue weighted by atomic mass is 16.1. The van der Waals surface area contributed by atoms with Gasteiger partial charge in [-0.05, 0) is 47.7 Å². The number of rotatable bonds is 6. The van der Waals surface area contributed by atoms with Crippen molar-refractivity contribution in [1.82, 2.24) is 4.98 Å². The fourth-order valence-electron chi connectivity index (χ4n) is 2.97. The summed E-state index contributed by atoms with van der Waals surface area (Å²) in [6, 6.07) is 19.8. The third kappa shape index (κ3) is 4.73. The molecule has 4 nitrogen and oxygen atoms in total. The quantitative estimate of drug-likeness (QED) is 0.621. The number of carbonyl (C=O) groups excluding carboxylic acids is 1. The maximum atomic E-state index is 12.7. The van der Waals surface area contributed by atoms with Gasteiger partial charge < -0.3 is 10.6 Å². The van der Waals surface area contributed by atoms with Crippen molar-refractivity contribution in [3.05, 3.63) is 89.2 Å². The highest BCUT2D eigenvalue weighted by Gasteiger charge is 2.12. The van der Waals surface area contributed by atoms with Crippen molar-refractivity contribution in [3.63, 3.8) is 0 Å². The molecule has 0 atom stereocenters. The number of benzene rings is 2. The van der Waals surface area contributed by atoms with Crippen LogP contribution in [0.1, 0.15) is 46.9 Å². The molecule has 0 aliphatic carbocycles. The molecule has 0 spiro atoms. The lowest BCUT2D eigenvalue weighted by Gasteiger charge is -2.14. The van der Waals surface area contributed by atoms with Crippen LogP contribution in [0.15, 0.2) is 66.9 Å². The summed E-state index contributed by atoms with van der Waals surface area (Å²) in [6.45, 7) is 7.02. The van der Waals surface area contributed by atoms with E-state index in [2.05, 4.69) is 48.5 Å². The normalized spacial score (nSPS) is 10.7. The summed E-state index contributed by atoms with van der Waals surface area (Å²) in [4.78, 5) is 16.9. The molecule has 2 aromatic carbocycles. The second-order valence-corrected chi connectivity index (χ2v) is 6.91. The first-order chi connectivity index (χ1) is 13.0. The van der Waals surface area contributed by atoms with Crippen LogP contribution in [0, 0.1) is 6.92 Å². The van der Waals surface area contributed by atoms with Gasteiger partial charge in [0.1, 0.15) is 5.69 Å². The number of pyridine rings is 1. The third-order valence-corrected chi connectivity index (χ3v) is 4.57. The number of nitrogens with one attached hydrogen (secondary N) is 2. The van der Waals surface area contributed by atoms with Crippen molar-refractivity contribution < 1.29 is 4.79 Å². The molecule has 1 heterocycles. The highest BCUT2D eigenvalue weighted by Crippen LogP contribution is 2.24. The smallest absolute Gasteiger partial charge is 0.274 e. The van der Waals surface area contributed by atoms with Crippen LogP contribution in [0.25, 0.3) is 0 Å². The zero-order valence-electron chi connectivity index (χ0n) is 16.0. The Balaban J connectivity index is 1.72. The van der Waals surface area contributed by atoms with Gasteiger partial charge >= 0.3 is 0 Å². The van der Waals surface area contributed by atoms with E-state index in [1.807, 2.05) is 42.5 Å². The Morgan fingerprint density at radius 1 is 1.04 bits per heavy atom. The SMILES string of the molecule is Cc1ccccc1CNc1ccnc(C(=O)Nc2ccccc2C(C)C)c1. The van der Waals surface area contributed by atoms with E-state index in [0.29, 0.717) is 18.2 Å². The van der Waals surface area contributed by atoms with Gasteiger partial charge in [-0.3, -0.25) is 9.78 Å². The van der Waals surface area contributed by atoms with Crippen molar-refractivity contribution in [3.8, 4) is 0 Å². The predicted molar refractivity (Wildman–Crippen MR) is 111 cm³/mol. The Kier molecular flexibility index (Phi) is 5.87. The van der Waals surface area contributed by atoms with E-state index in [1.54, 1.807) is 12.3 Å². The van der Waals surface area contributed by atoms with Crippen LogP contribution >= 0.6 is 0 Å². The number of aromatic nitrogens is 1. The van der Waals surface area contributed by atoms with E-state index in [9.17, 15) is 4.79 Å². The van der Waals surface area contributed by atoms with E-state index in [4.69, 9.17) is 0 Å². The fourth-order valence-corrected chi connectivity index (χ4v) is 2.97. The molecule has 1 amide bonds. The molecule has 3 rings (SSSR count). The topological polar surface area (TPSA) is 54.0 Å². The first-order valence-corrected chi connectivity index (χ1v) is 9.19. The zero-order chi connectivity index (χ0) is 19.2. The Hall–Kier alpha value is -3.14. The van der Waals surface area contributed by atoms with Crippen molar-refractivity contribution in [2.75, 3.05) is 10.6 Å². The second-order valence-electron chi connectivity index (χ2n) is 6.91. The van der Waals surface area contributed by atoms with Gasteiger partial charge in [0.05, 0.1) is 0 Å². The molecule has 4 heteroatoms. The van der Waals surface area contributed by atoms with E-state index in [1.165, 1.54) is 11.1 Å². The molecule has 0 fully saturated rings. The van der Waals surface area contributed by atoms with Gasteiger partial charge in [-0.15, -0.1) is 0 Å². The fraction of sp³-hybridized carbons (Fsp3) is 0.217. The van der Waals surface area contributed by atoms with Crippen LogP contribution in [-0.4, -0.2) is 10.9 Å². The van der Waals surface area contributed by atoms with E-state index >= 15 is 0 Å². The molecule has 0 aliphatic rings. The van der Waals surface area contributed by atoms with Crippen molar-refractivity contribution in [2.24, 2.45) is 0 Å². The average molecular weight is 359 g/mol. The summed E-state index contributed by atoms with van der Waals surface area (Å²) in [5.41, 5.74) is 5.67. The van der Waals surface area contributed by atoms with Crippen molar-refractivity contribution in [2.45, 2.75) is 33.2 Å². The summed E-state index contributed by atoms with van der Waals surface area (Å²) in [6.07, 6.45) is 1.66. The summed E-state index contributed by atoms with van der Waals surface area (Å²) < 4.78 is 0. The van der Waals surface area contributed by atoms with E-state index in [0.717, 1.165) is 16.9 Å². The number of amides is 1. The molecule has 138 valence electrons. The molecule has 0 unspecified atom stereocenters. The lowest BCUT2D eigenvalue weighted by molar-refractivity contribution is 0.102. The Morgan fingerprint density at radius 2 is 1.78 bits per heavy atom. The van der Waals surface area contributed by atoms with Crippen molar-refractivity contribution >= 4 is 17.3 Å². The molecule has 27 heavy (non-hydrogen) atoms. The Morgan fingerprint density at radius 3 is 2.56 bits per heavy atom. The lowest BCUT2D eigenvalue weighted by Crippen LogP contribution is -2.15. The third-order valence-electron chi connectivity index (χ3n) is 4.57. The molecule has 2 N–H and O–H groups in total. The number of para-hydroxylation sites is 1. The number of carbonyl (C=O) groups is 1. The minimum absolute atomic E-state index is 0.206. The van der Waals surface area contributed by atoms with Crippen LogP contribution in [0.2, 0.25) is 0 Å². The predicted octanol–water partition coefficient (Wildman–Crippen LogP) is 5.38. The first-order valence-electron chi connectivity index (χ1n) is 9.19. The van der Waals surface area contributed by atoms with Gasteiger partial charge in [0.2, 0.25) is 0 Å². The highest BCUT2D eigenvalue weighted by molar-refractivity contribution is 6.03. The standard InChI is InChI=1S/C23H25N3O/c1-16(2)20-10-6-7-11-21(20)26-23(27)22-14-19(12-13-24-22)25-15-18-9-5-4-8-17(18)3/h4-14,16H,15H2,1-3H3,(H,24,25)(H,26,27). The Bertz CT molecular complexity index is 934. The van der Waals surface area contributed by atoms with Gasteiger partial charge in [0.15, 0.2) is 0 Å². The van der Waals surface area contributed by atoms with Gasteiger partial charge in [0, 0.05) is 24.1 Å². The van der Waals surface area contributed by atoms with Gasteiger partial charge in [0.25, 0.3) is 5.91 Å². The number of anilines is 2. The maximum Gasteiger partial charge on any atom is 0.274 e. The minimum atomic E-state index is -0.206. The molecule has 0 bridgehead atoms. The summed E-state index contributed by atoms with van der Waals surface area (Å²) in [5, 5.41) is 6.36. The van der Waals surface area contributed by atoms with Gasteiger partial charge in [-0.2, -0.15) is 0 Å². The Labute approximate surface area is 160 Å². The molecular weight excluding hydrogens is 334 g/mol. The number of hydrogen-bond acceptors (Lipinski definition) is 3. The zero-order valence-corrected chi connectivity index (χ0v) is 16.0. The number of nitrogens with zero attached hydrogens (tertiary/aromatic N) is 1. The largest absolute Gasteiger partial charge is 0.381 e. The average Bonchev–Trinajstić information content (AvgIpc) is 2.68. The minimum Gasteiger partial charge on any atom is -0.381 e. The molecule has 0 aliphatic heterocycles. The van der Waals surface area contributed by atoms with Gasteiger partial charge in [-0.25, -0.2) is 0 Å². The molecule has 1 aromatic heterocycles. The number of hydrogen-bond donors (Lipinski definition) is 2. The van der Waals surface area contributed by atoms with Crippen LogP contribution in [0.4, 0.5) is 11.4 Å². The maximum absolute atomic E-state index is 12.7. The summed E-state index contributed by atoms with van der Waals surface area (Å²) in [7, 11) is 0. The van der Waals surface area contributed by atoms with E-state index < -0.39 is 0 Å². The number of aryl methyl sites for hydroxylation is 1. The molecular formula is C23H25N3O. The monoisotopic (exact) mass is 359 g/mol. The molecule has 3 aromatic rings. The summed E-state index contributed by atoms with van der Waals surface area (Å²) >= 11 is 0. The van der Waals surface area contributed by atoms with Crippen LogP contribution < -0.4 is 10.6 Å².